The molecule has 2 rings (SSSR count). The summed E-state index contributed by atoms with van der Waals surface area (Å²) in [5.74, 6) is -2.39. The lowest BCUT2D eigenvalue weighted by Gasteiger charge is -2.16. The minimum atomic E-state index is -0.967. The largest absolute Gasteiger partial charge is 0.484 e. The van der Waals surface area contributed by atoms with Gasteiger partial charge in [0.25, 0.3) is 5.91 Å². The number of rotatable bonds is 10. The third-order valence-corrected chi connectivity index (χ3v) is 3.89. The van der Waals surface area contributed by atoms with E-state index in [1.807, 2.05) is 13.8 Å². The van der Waals surface area contributed by atoms with Crippen LogP contribution in [0, 0.1) is 17.7 Å². The number of nitrogens with one attached hydrogen (secondary N) is 2. The fourth-order valence-corrected chi connectivity index (χ4v) is 2.53. The van der Waals surface area contributed by atoms with E-state index in [1.165, 1.54) is 22.3 Å². The fourth-order valence-electron chi connectivity index (χ4n) is 2.53. The number of benzene rings is 1. The van der Waals surface area contributed by atoms with Gasteiger partial charge in [-0.1, -0.05) is 31.2 Å². The second-order valence-corrected chi connectivity index (χ2v) is 6.64. The van der Waals surface area contributed by atoms with Crippen molar-refractivity contribution in [3.8, 4) is 5.75 Å². The highest BCUT2D eigenvalue weighted by Gasteiger charge is 2.26. The summed E-state index contributed by atoms with van der Waals surface area (Å²) in [6, 6.07) is 6.06. The molecule has 3 N–H and O–H groups in total. The Morgan fingerprint density at radius 2 is 2.04 bits per heavy atom. The van der Waals surface area contributed by atoms with Crippen molar-refractivity contribution in [1.82, 2.24) is 25.8 Å². The fraction of sp³-hybridized carbons (Fsp3) is 0.444. The molecule has 2 aromatic rings. The summed E-state index contributed by atoms with van der Waals surface area (Å²) in [5, 5.41) is 19.3. The molecule has 1 unspecified atom stereocenters. The standard InChI is InChI=1S/C18H24FN5O4/c1-12(2)9-14(18(26)22-27)17(25)20-7-8-24-10-13(21-23-24)11-28-16-6-4-3-5-15(16)19/h3-6,10,12,14,27H,7-9,11H2,1-2H3,(H,20,25)(H,22,26). The molecule has 1 heterocycles. The second kappa shape index (κ2) is 10.4. The van der Waals surface area contributed by atoms with Crippen molar-refractivity contribution in [1.29, 1.82) is 0 Å². The zero-order valence-corrected chi connectivity index (χ0v) is 15.8. The third-order valence-electron chi connectivity index (χ3n) is 3.89. The van der Waals surface area contributed by atoms with Gasteiger partial charge in [-0.3, -0.25) is 19.5 Å². The van der Waals surface area contributed by atoms with Crippen LogP contribution in [0.2, 0.25) is 0 Å². The highest BCUT2D eigenvalue weighted by Crippen LogP contribution is 2.16. The van der Waals surface area contributed by atoms with Crippen molar-refractivity contribution in [3.05, 3.63) is 42.0 Å². The van der Waals surface area contributed by atoms with E-state index in [0.717, 1.165) is 0 Å². The maximum absolute atomic E-state index is 13.5. The van der Waals surface area contributed by atoms with Crippen LogP contribution in [0.25, 0.3) is 0 Å². The van der Waals surface area contributed by atoms with Crippen LogP contribution in [0.4, 0.5) is 4.39 Å². The van der Waals surface area contributed by atoms with Gasteiger partial charge in [-0.05, 0) is 24.5 Å². The van der Waals surface area contributed by atoms with Crippen molar-refractivity contribution in [2.75, 3.05) is 6.54 Å². The SMILES string of the molecule is CC(C)CC(C(=O)NO)C(=O)NCCn1cc(COc2ccccc2F)nn1. The topological polar surface area (TPSA) is 118 Å². The molecule has 0 aliphatic rings. The third kappa shape index (κ3) is 6.31. The molecule has 0 saturated heterocycles. The van der Waals surface area contributed by atoms with Crippen LogP contribution in [0.1, 0.15) is 26.0 Å². The number of amides is 2. The first-order valence-corrected chi connectivity index (χ1v) is 8.88. The molecule has 1 atom stereocenters. The molecule has 0 saturated carbocycles. The van der Waals surface area contributed by atoms with Gasteiger partial charge < -0.3 is 10.1 Å². The lowest BCUT2D eigenvalue weighted by atomic mass is 9.95. The van der Waals surface area contributed by atoms with E-state index >= 15 is 0 Å². The van der Waals surface area contributed by atoms with Gasteiger partial charge in [-0.25, -0.2) is 9.87 Å². The number of hydrogen-bond donors (Lipinski definition) is 3. The molecular formula is C18H24FN5O4. The van der Waals surface area contributed by atoms with Gasteiger partial charge in [0.1, 0.15) is 18.2 Å². The Morgan fingerprint density at radius 3 is 2.71 bits per heavy atom. The number of nitrogens with zero attached hydrogens (tertiary/aromatic N) is 3. The van der Waals surface area contributed by atoms with Gasteiger partial charge in [0.05, 0.1) is 12.7 Å². The highest BCUT2D eigenvalue weighted by molar-refractivity contribution is 5.99. The lowest BCUT2D eigenvalue weighted by Crippen LogP contribution is -2.42. The summed E-state index contributed by atoms with van der Waals surface area (Å²) in [4.78, 5) is 23.8. The van der Waals surface area contributed by atoms with Crippen LogP contribution in [0.3, 0.4) is 0 Å². The smallest absolute Gasteiger partial charge is 0.255 e. The molecule has 1 aromatic heterocycles. The molecule has 152 valence electrons. The van der Waals surface area contributed by atoms with Gasteiger partial charge in [-0.15, -0.1) is 5.10 Å². The molecule has 0 aliphatic heterocycles. The zero-order chi connectivity index (χ0) is 20.5. The first-order valence-electron chi connectivity index (χ1n) is 8.88. The minimum Gasteiger partial charge on any atom is -0.484 e. The van der Waals surface area contributed by atoms with Gasteiger partial charge in [0.15, 0.2) is 11.6 Å². The lowest BCUT2D eigenvalue weighted by molar-refractivity contribution is -0.141. The van der Waals surface area contributed by atoms with Gasteiger partial charge in [0.2, 0.25) is 5.91 Å². The zero-order valence-electron chi connectivity index (χ0n) is 15.8. The van der Waals surface area contributed by atoms with Crippen molar-refractivity contribution >= 4 is 11.8 Å². The molecule has 0 radical (unpaired) electrons. The number of halogens is 1. The molecule has 10 heteroatoms. The van der Waals surface area contributed by atoms with Crippen molar-refractivity contribution in [2.24, 2.45) is 11.8 Å². The van der Waals surface area contributed by atoms with E-state index in [2.05, 4.69) is 15.6 Å². The van der Waals surface area contributed by atoms with E-state index in [4.69, 9.17) is 9.94 Å². The number of hydroxylamine groups is 1. The molecule has 0 fully saturated rings. The summed E-state index contributed by atoms with van der Waals surface area (Å²) in [6.07, 6.45) is 1.94. The normalized spacial score (nSPS) is 11.9. The van der Waals surface area contributed by atoms with Gasteiger partial charge in [-0.2, -0.15) is 0 Å². The maximum atomic E-state index is 13.5. The molecule has 1 aromatic carbocycles. The van der Waals surface area contributed by atoms with Gasteiger partial charge >= 0.3 is 0 Å². The van der Waals surface area contributed by atoms with E-state index in [9.17, 15) is 14.0 Å². The van der Waals surface area contributed by atoms with E-state index < -0.39 is 23.5 Å². The van der Waals surface area contributed by atoms with Crippen molar-refractivity contribution in [2.45, 2.75) is 33.4 Å². The summed E-state index contributed by atoms with van der Waals surface area (Å²) in [7, 11) is 0. The highest BCUT2D eigenvalue weighted by atomic mass is 19.1. The minimum absolute atomic E-state index is 0.0560. The average molecular weight is 393 g/mol. The summed E-state index contributed by atoms with van der Waals surface area (Å²) >= 11 is 0. The van der Waals surface area contributed by atoms with Gasteiger partial charge in [0, 0.05) is 6.54 Å². The predicted molar refractivity (Wildman–Crippen MR) is 96.6 cm³/mol. The Morgan fingerprint density at radius 1 is 1.29 bits per heavy atom. The number of hydrogen-bond acceptors (Lipinski definition) is 6. The monoisotopic (exact) mass is 393 g/mol. The van der Waals surface area contributed by atoms with E-state index in [-0.39, 0.29) is 24.8 Å². The van der Waals surface area contributed by atoms with Crippen LogP contribution < -0.4 is 15.5 Å². The quantitative estimate of drug-likeness (QED) is 0.318. The molecule has 0 spiro atoms. The Bertz CT molecular complexity index is 796. The maximum Gasteiger partial charge on any atom is 0.255 e. The number of carbonyl (C=O) groups excluding carboxylic acids is 2. The number of para-hydroxylation sites is 1. The summed E-state index contributed by atoms with van der Waals surface area (Å²) in [5.41, 5.74) is 2.03. The molecule has 28 heavy (non-hydrogen) atoms. The van der Waals surface area contributed by atoms with E-state index in [1.54, 1.807) is 18.3 Å². The second-order valence-electron chi connectivity index (χ2n) is 6.64. The Kier molecular flexibility index (Phi) is 7.88. The number of carbonyl (C=O) groups is 2. The Labute approximate surface area is 161 Å². The van der Waals surface area contributed by atoms with Crippen LogP contribution in [0.15, 0.2) is 30.5 Å². The molecule has 0 bridgehead atoms. The summed E-state index contributed by atoms with van der Waals surface area (Å²) in [6.45, 7) is 4.37. The first-order chi connectivity index (χ1) is 13.4. The van der Waals surface area contributed by atoms with E-state index in [0.29, 0.717) is 18.7 Å². The van der Waals surface area contributed by atoms with Crippen LogP contribution in [-0.2, 0) is 22.7 Å². The molecule has 9 nitrogen and oxygen atoms in total. The Balaban J connectivity index is 1.81. The average Bonchev–Trinajstić information content (AvgIpc) is 3.12. The Hall–Kier alpha value is -3.01. The number of aromatic nitrogens is 3. The van der Waals surface area contributed by atoms with Crippen LogP contribution >= 0.6 is 0 Å². The molecule has 0 aliphatic carbocycles. The van der Waals surface area contributed by atoms with Crippen molar-refractivity contribution < 1.29 is 23.9 Å². The van der Waals surface area contributed by atoms with Crippen molar-refractivity contribution in [3.63, 3.8) is 0 Å². The predicted octanol–water partition coefficient (Wildman–Crippen LogP) is 1.28. The first kappa shape index (κ1) is 21.3. The summed E-state index contributed by atoms with van der Waals surface area (Å²) < 4.78 is 20.4. The van der Waals surface area contributed by atoms with Crippen LogP contribution in [-0.4, -0.2) is 38.6 Å². The molecule has 2 amide bonds. The number of ether oxygens (including phenoxy) is 1. The molecular weight excluding hydrogens is 369 g/mol. The van der Waals surface area contributed by atoms with Crippen LogP contribution in [0.5, 0.6) is 5.75 Å².